The quantitative estimate of drug-likeness (QED) is 0.541. The topological polar surface area (TPSA) is 38.3 Å². The van der Waals surface area contributed by atoms with Crippen LogP contribution in [0, 0.1) is 0 Å². The zero-order valence-electron chi connectivity index (χ0n) is 6.70. The van der Waals surface area contributed by atoms with Crippen molar-refractivity contribution in [2.24, 2.45) is 0 Å². The zero-order valence-corrected chi connectivity index (χ0v) is 6.70. The third kappa shape index (κ3) is 2.15. The minimum atomic E-state index is 0.616. The summed E-state index contributed by atoms with van der Waals surface area (Å²) in [4.78, 5) is 9.81. The normalized spacial score (nSPS) is 8.42. The number of hydrogen-bond acceptors (Lipinski definition) is 3. The van der Waals surface area contributed by atoms with Crippen molar-refractivity contribution in [3.63, 3.8) is 0 Å². The molecule has 0 aliphatic heterocycles. The van der Waals surface area contributed by atoms with E-state index in [2.05, 4.69) is 5.32 Å². The summed E-state index contributed by atoms with van der Waals surface area (Å²) < 4.78 is 4.91. The van der Waals surface area contributed by atoms with Crippen LogP contribution in [0.5, 0.6) is 5.75 Å². The maximum atomic E-state index is 9.81. The number of anilines is 1. The van der Waals surface area contributed by atoms with E-state index in [-0.39, 0.29) is 0 Å². The van der Waals surface area contributed by atoms with Crippen LogP contribution in [0.4, 0.5) is 5.69 Å². The lowest BCUT2D eigenvalue weighted by Gasteiger charge is -2.01. The molecule has 0 saturated carbocycles. The summed E-state index contributed by atoms with van der Waals surface area (Å²) in [7, 11) is 1.81. The highest BCUT2D eigenvalue weighted by molar-refractivity contribution is 5.49. The average Bonchev–Trinajstić information content (AvgIpc) is 2.15. The molecule has 3 nitrogen and oxygen atoms in total. The standard InChI is InChI=1S/C9H9NO2/c1-10-8-3-2-4-9(7-8)12-6-5-11/h2-4,6-7,10H,1H3. The molecular weight excluding hydrogens is 154 g/mol. The molecule has 0 heterocycles. The highest BCUT2D eigenvalue weighted by atomic mass is 16.5. The Labute approximate surface area is 70.7 Å². The fourth-order valence-electron chi connectivity index (χ4n) is 0.817. The van der Waals surface area contributed by atoms with Gasteiger partial charge in [-0.3, -0.25) is 0 Å². The van der Waals surface area contributed by atoms with Crippen molar-refractivity contribution < 1.29 is 9.53 Å². The summed E-state index contributed by atoms with van der Waals surface area (Å²) in [6, 6.07) is 7.28. The molecule has 0 aliphatic carbocycles. The fraction of sp³-hybridized carbons (Fsp3) is 0.111. The Bertz CT molecular complexity index is 303. The second-order valence-corrected chi connectivity index (χ2v) is 2.13. The number of rotatable bonds is 3. The Hall–Kier alpha value is -1.73. The fourth-order valence-corrected chi connectivity index (χ4v) is 0.817. The number of hydrogen-bond donors (Lipinski definition) is 1. The molecule has 0 bridgehead atoms. The maximum Gasteiger partial charge on any atom is 0.174 e. The minimum Gasteiger partial charge on any atom is -0.453 e. The third-order valence-corrected chi connectivity index (χ3v) is 1.37. The van der Waals surface area contributed by atoms with Crippen molar-refractivity contribution in [3.8, 4) is 5.75 Å². The van der Waals surface area contributed by atoms with Gasteiger partial charge in [0.25, 0.3) is 0 Å². The van der Waals surface area contributed by atoms with Crippen molar-refractivity contribution in [3.05, 3.63) is 30.5 Å². The lowest BCUT2D eigenvalue weighted by Crippen LogP contribution is -1.88. The van der Waals surface area contributed by atoms with Gasteiger partial charge in [-0.2, -0.15) is 0 Å². The van der Waals surface area contributed by atoms with E-state index in [4.69, 9.17) is 4.74 Å². The van der Waals surface area contributed by atoms with Crippen LogP contribution in [0.1, 0.15) is 0 Å². The summed E-state index contributed by atoms with van der Waals surface area (Å²) in [5.74, 6) is 2.15. The second kappa shape index (κ2) is 4.21. The molecule has 0 spiro atoms. The summed E-state index contributed by atoms with van der Waals surface area (Å²) in [5, 5.41) is 2.95. The molecule has 0 fully saturated rings. The first kappa shape index (κ1) is 8.37. The van der Waals surface area contributed by atoms with Gasteiger partial charge in [0.05, 0.1) is 0 Å². The lowest BCUT2D eigenvalue weighted by atomic mass is 10.3. The summed E-state index contributed by atoms with van der Waals surface area (Å²) >= 11 is 0. The molecule has 0 unspecified atom stereocenters. The Morgan fingerprint density at radius 2 is 2.42 bits per heavy atom. The Morgan fingerprint density at radius 1 is 1.58 bits per heavy atom. The van der Waals surface area contributed by atoms with E-state index in [1.807, 2.05) is 19.2 Å². The van der Waals surface area contributed by atoms with Gasteiger partial charge in [-0.05, 0) is 12.1 Å². The van der Waals surface area contributed by atoms with Gasteiger partial charge in [-0.15, -0.1) is 0 Å². The minimum absolute atomic E-state index is 0.616. The van der Waals surface area contributed by atoms with Gasteiger partial charge >= 0.3 is 0 Å². The first-order valence-electron chi connectivity index (χ1n) is 3.50. The number of ether oxygens (including phenoxy) is 1. The molecule has 1 aromatic rings. The van der Waals surface area contributed by atoms with Crippen molar-refractivity contribution in [1.82, 2.24) is 0 Å². The highest BCUT2D eigenvalue weighted by Crippen LogP contribution is 2.16. The van der Waals surface area contributed by atoms with Crippen molar-refractivity contribution >= 4 is 11.6 Å². The molecule has 0 saturated heterocycles. The van der Waals surface area contributed by atoms with Crippen molar-refractivity contribution in [2.45, 2.75) is 0 Å². The van der Waals surface area contributed by atoms with E-state index in [1.54, 1.807) is 12.1 Å². The number of carbonyl (C=O) groups excluding carboxylic acids is 1. The summed E-state index contributed by atoms with van der Waals surface area (Å²) in [6.45, 7) is 0. The van der Waals surface area contributed by atoms with E-state index in [0.717, 1.165) is 11.9 Å². The van der Waals surface area contributed by atoms with Gasteiger partial charge in [0.1, 0.15) is 5.75 Å². The van der Waals surface area contributed by atoms with Crippen LogP contribution in [-0.2, 0) is 4.79 Å². The first-order valence-corrected chi connectivity index (χ1v) is 3.50. The lowest BCUT2D eigenvalue weighted by molar-refractivity contribution is 0.477. The Kier molecular flexibility index (Phi) is 2.94. The summed E-state index contributed by atoms with van der Waals surface area (Å²) in [5.41, 5.74) is 0.937. The SMILES string of the molecule is CNc1cccc(OC=C=O)c1. The van der Waals surface area contributed by atoms with Crippen LogP contribution in [0.15, 0.2) is 30.5 Å². The Balaban J connectivity index is 2.78. The first-order chi connectivity index (χ1) is 5.86. The zero-order chi connectivity index (χ0) is 8.81. The van der Waals surface area contributed by atoms with E-state index < -0.39 is 0 Å². The smallest absolute Gasteiger partial charge is 0.174 e. The molecule has 0 radical (unpaired) electrons. The van der Waals surface area contributed by atoms with E-state index in [0.29, 0.717) is 5.75 Å². The van der Waals surface area contributed by atoms with Gasteiger partial charge in [-0.25, -0.2) is 4.79 Å². The van der Waals surface area contributed by atoms with Crippen molar-refractivity contribution in [2.75, 3.05) is 12.4 Å². The average molecular weight is 163 g/mol. The van der Waals surface area contributed by atoms with Gasteiger partial charge in [0.15, 0.2) is 12.2 Å². The second-order valence-electron chi connectivity index (χ2n) is 2.13. The molecule has 1 N–H and O–H groups in total. The third-order valence-electron chi connectivity index (χ3n) is 1.37. The molecular formula is C9H9NO2. The maximum absolute atomic E-state index is 9.81. The van der Waals surface area contributed by atoms with Crippen LogP contribution in [0.3, 0.4) is 0 Å². The monoisotopic (exact) mass is 163 g/mol. The predicted octanol–water partition coefficient (Wildman–Crippen LogP) is 1.45. The Morgan fingerprint density at radius 3 is 3.08 bits per heavy atom. The molecule has 62 valence electrons. The van der Waals surface area contributed by atoms with Crippen LogP contribution in [-0.4, -0.2) is 13.0 Å². The van der Waals surface area contributed by atoms with E-state index in [9.17, 15) is 4.79 Å². The molecule has 0 atom stereocenters. The van der Waals surface area contributed by atoms with Crippen LogP contribution in [0.2, 0.25) is 0 Å². The van der Waals surface area contributed by atoms with Gasteiger partial charge in [0.2, 0.25) is 0 Å². The van der Waals surface area contributed by atoms with E-state index in [1.165, 1.54) is 5.94 Å². The largest absolute Gasteiger partial charge is 0.453 e. The van der Waals surface area contributed by atoms with Crippen molar-refractivity contribution in [1.29, 1.82) is 0 Å². The van der Waals surface area contributed by atoms with Crippen LogP contribution < -0.4 is 10.1 Å². The van der Waals surface area contributed by atoms with Gasteiger partial charge in [-0.1, -0.05) is 6.07 Å². The molecule has 0 amide bonds. The number of nitrogens with one attached hydrogen (secondary N) is 1. The van der Waals surface area contributed by atoms with Crippen LogP contribution in [0.25, 0.3) is 0 Å². The number of benzene rings is 1. The van der Waals surface area contributed by atoms with Gasteiger partial charge in [0, 0.05) is 18.8 Å². The molecule has 12 heavy (non-hydrogen) atoms. The molecule has 0 aliphatic rings. The highest BCUT2D eigenvalue weighted by Gasteiger charge is 1.91. The molecule has 3 heteroatoms. The molecule has 0 aromatic heterocycles. The van der Waals surface area contributed by atoms with E-state index >= 15 is 0 Å². The molecule has 1 aromatic carbocycles. The van der Waals surface area contributed by atoms with Crippen LogP contribution >= 0.6 is 0 Å². The molecule has 1 rings (SSSR count). The summed E-state index contributed by atoms with van der Waals surface area (Å²) in [6.07, 6.45) is 0.981. The van der Waals surface area contributed by atoms with Gasteiger partial charge < -0.3 is 10.1 Å². The predicted molar refractivity (Wildman–Crippen MR) is 46.9 cm³/mol.